The molecule has 0 saturated carbocycles. The lowest BCUT2D eigenvalue weighted by molar-refractivity contribution is 0.684. The van der Waals surface area contributed by atoms with E-state index in [0.717, 1.165) is 16.0 Å². The van der Waals surface area contributed by atoms with Gasteiger partial charge in [0.15, 0.2) is 0 Å². The first kappa shape index (κ1) is 11.6. The second kappa shape index (κ2) is 4.98. The Morgan fingerprint density at radius 2 is 2.06 bits per heavy atom. The molecular formula is C13H12N2OS. The lowest BCUT2D eigenvalue weighted by Gasteiger charge is -2.06. The van der Waals surface area contributed by atoms with Crippen LogP contribution in [0, 0.1) is 11.3 Å². The Kier molecular flexibility index (Phi) is 3.40. The smallest absolute Gasteiger partial charge is 0.101 e. The van der Waals surface area contributed by atoms with Gasteiger partial charge in [0.1, 0.15) is 6.07 Å². The first-order valence-electron chi connectivity index (χ1n) is 5.32. The molecule has 0 saturated heterocycles. The van der Waals surface area contributed by atoms with E-state index in [9.17, 15) is 4.21 Å². The van der Waals surface area contributed by atoms with Gasteiger partial charge < -0.3 is 4.98 Å². The number of benzene rings is 1. The molecule has 1 unspecified atom stereocenters. The highest BCUT2D eigenvalue weighted by Crippen LogP contribution is 2.28. The number of aromatic nitrogens is 1. The predicted octanol–water partition coefficient (Wildman–Crippen LogP) is 2.68. The Labute approximate surface area is 103 Å². The number of hydrogen-bond donors (Lipinski definition) is 1. The summed E-state index contributed by atoms with van der Waals surface area (Å²) in [7, 11) is -1.02. The van der Waals surface area contributed by atoms with Crippen LogP contribution in [0.5, 0.6) is 0 Å². The maximum atomic E-state index is 11.9. The monoisotopic (exact) mass is 244 g/mol. The molecule has 4 heteroatoms. The van der Waals surface area contributed by atoms with Crippen molar-refractivity contribution in [3.05, 3.63) is 42.2 Å². The number of aromatic amines is 1. The Balaban J connectivity index is 2.61. The molecule has 2 rings (SSSR count). The van der Waals surface area contributed by atoms with E-state index in [1.165, 1.54) is 0 Å². The zero-order valence-electron chi connectivity index (χ0n) is 9.43. The Bertz CT molecular complexity index is 595. The summed E-state index contributed by atoms with van der Waals surface area (Å²) in [4.78, 5) is 3.69. The Morgan fingerprint density at radius 3 is 2.76 bits per heavy atom. The zero-order chi connectivity index (χ0) is 12.3. The number of nitriles is 1. The zero-order valence-corrected chi connectivity index (χ0v) is 10.3. The van der Waals surface area contributed by atoms with Crippen molar-refractivity contribution in [1.29, 1.82) is 5.26 Å². The van der Waals surface area contributed by atoms with Gasteiger partial charge in [-0.1, -0.05) is 25.1 Å². The van der Waals surface area contributed by atoms with Crippen LogP contribution in [0.3, 0.4) is 0 Å². The van der Waals surface area contributed by atoms with Crippen LogP contribution in [0.1, 0.15) is 12.5 Å². The van der Waals surface area contributed by atoms with Gasteiger partial charge in [0.2, 0.25) is 0 Å². The van der Waals surface area contributed by atoms with Crippen molar-refractivity contribution >= 4 is 10.8 Å². The second-order valence-electron chi connectivity index (χ2n) is 3.52. The van der Waals surface area contributed by atoms with Crippen LogP contribution in [0.15, 0.2) is 41.6 Å². The third-order valence-electron chi connectivity index (χ3n) is 2.55. The summed E-state index contributed by atoms with van der Waals surface area (Å²) in [5, 5.41) is 9.01. The maximum absolute atomic E-state index is 11.9. The van der Waals surface area contributed by atoms with Crippen LogP contribution in [0.4, 0.5) is 0 Å². The molecule has 0 aliphatic carbocycles. The van der Waals surface area contributed by atoms with Crippen molar-refractivity contribution in [3.8, 4) is 17.2 Å². The summed E-state index contributed by atoms with van der Waals surface area (Å²) in [6, 6.07) is 9.63. The molecule has 0 amide bonds. The predicted molar refractivity (Wildman–Crippen MR) is 67.9 cm³/mol. The van der Waals surface area contributed by atoms with Gasteiger partial charge in [-0.15, -0.1) is 0 Å². The fourth-order valence-corrected chi connectivity index (χ4v) is 2.69. The average molecular weight is 244 g/mol. The SMILES string of the molecule is CCS(=O)c1ccccc1-c1c[nH]cc1C#N. The van der Waals surface area contributed by atoms with Crippen molar-refractivity contribution in [2.75, 3.05) is 5.75 Å². The molecule has 0 bridgehead atoms. The second-order valence-corrected chi connectivity index (χ2v) is 5.23. The molecular weight excluding hydrogens is 232 g/mol. The number of nitrogens with zero attached hydrogens (tertiary/aromatic N) is 1. The van der Waals surface area contributed by atoms with E-state index in [1.807, 2.05) is 31.2 Å². The number of hydrogen-bond acceptors (Lipinski definition) is 2. The van der Waals surface area contributed by atoms with Crippen molar-refractivity contribution < 1.29 is 4.21 Å². The van der Waals surface area contributed by atoms with E-state index in [-0.39, 0.29) is 0 Å². The minimum atomic E-state index is -1.02. The van der Waals surface area contributed by atoms with Crippen molar-refractivity contribution in [2.45, 2.75) is 11.8 Å². The van der Waals surface area contributed by atoms with Crippen LogP contribution in [0.25, 0.3) is 11.1 Å². The molecule has 1 atom stereocenters. The van der Waals surface area contributed by atoms with Crippen LogP contribution >= 0.6 is 0 Å². The molecule has 0 fully saturated rings. The molecule has 1 aromatic carbocycles. The molecule has 1 N–H and O–H groups in total. The van der Waals surface area contributed by atoms with Crippen LogP contribution in [0.2, 0.25) is 0 Å². The van der Waals surface area contributed by atoms with Gasteiger partial charge in [0.25, 0.3) is 0 Å². The van der Waals surface area contributed by atoms with Crippen molar-refractivity contribution in [2.24, 2.45) is 0 Å². The van der Waals surface area contributed by atoms with E-state index >= 15 is 0 Å². The van der Waals surface area contributed by atoms with E-state index < -0.39 is 10.8 Å². The molecule has 3 nitrogen and oxygen atoms in total. The summed E-state index contributed by atoms with van der Waals surface area (Å²) < 4.78 is 11.9. The van der Waals surface area contributed by atoms with Crippen LogP contribution in [-0.2, 0) is 10.8 Å². The standard InChI is InChI=1S/C13H12N2OS/c1-2-17(16)13-6-4-3-5-11(13)12-9-15-8-10(12)7-14/h3-6,8-9,15H,2H2,1H3. The average Bonchev–Trinajstić information content (AvgIpc) is 2.86. The molecule has 2 aromatic rings. The third-order valence-corrected chi connectivity index (χ3v) is 3.92. The summed E-state index contributed by atoms with van der Waals surface area (Å²) in [5.74, 6) is 0.573. The van der Waals surface area contributed by atoms with Crippen molar-refractivity contribution in [1.82, 2.24) is 4.98 Å². The van der Waals surface area contributed by atoms with Gasteiger partial charge in [-0.05, 0) is 6.07 Å². The van der Waals surface area contributed by atoms with Gasteiger partial charge in [-0.3, -0.25) is 4.21 Å². The largest absolute Gasteiger partial charge is 0.366 e. The molecule has 1 heterocycles. The molecule has 17 heavy (non-hydrogen) atoms. The number of nitrogens with one attached hydrogen (secondary N) is 1. The lowest BCUT2D eigenvalue weighted by Crippen LogP contribution is -1.96. The molecule has 0 spiro atoms. The molecule has 1 aromatic heterocycles. The van der Waals surface area contributed by atoms with Gasteiger partial charge >= 0.3 is 0 Å². The minimum absolute atomic E-state index is 0.573. The summed E-state index contributed by atoms with van der Waals surface area (Å²) in [6.07, 6.45) is 3.42. The summed E-state index contributed by atoms with van der Waals surface area (Å²) in [5.41, 5.74) is 2.25. The highest BCUT2D eigenvalue weighted by Gasteiger charge is 2.13. The third kappa shape index (κ3) is 2.15. The molecule has 0 radical (unpaired) electrons. The Hall–Kier alpha value is -1.86. The highest BCUT2D eigenvalue weighted by molar-refractivity contribution is 7.85. The van der Waals surface area contributed by atoms with Crippen LogP contribution in [-0.4, -0.2) is 14.9 Å². The van der Waals surface area contributed by atoms with E-state index in [1.54, 1.807) is 12.4 Å². The quantitative estimate of drug-likeness (QED) is 0.902. The number of rotatable bonds is 3. The molecule has 86 valence electrons. The summed E-state index contributed by atoms with van der Waals surface area (Å²) in [6.45, 7) is 1.88. The first-order valence-corrected chi connectivity index (χ1v) is 6.64. The van der Waals surface area contributed by atoms with Gasteiger partial charge in [-0.2, -0.15) is 5.26 Å². The first-order chi connectivity index (χ1) is 8.27. The summed E-state index contributed by atoms with van der Waals surface area (Å²) >= 11 is 0. The van der Waals surface area contributed by atoms with Crippen molar-refractivity contribution in [3.63, 3.8) is 0 Å². The van der Waals surface area contributed by atoms with E-state index in [4.69, 9.17) is 5.26 Å². The fraction of sp³-hybridized carbons (Fsp3) is 0.154. The van der Waals surface area contributed by atoms with E-state index in [0.29, 0.717) is 11.3 Å². The molecule has 0 aliphatic heterocycles. The van der Waals surface area contributed by atoms with Gasteiger partial charge in [0.05, 0.1) is 16.4 Å². The fourth-order valence-electron chi connectivity index (χ4n) is 1.72. The topological polar surface area (TPSA) is 56.6 Å². The molecule has 0 aliphatic rings. The minimum Gasteiger partial charge on any atom is -0.366 e. The van der Waals surface area contributed by atoms with Crippen LogP contribution < -0.4 is 0 Å². The number of H-pyrrole nitrogens is 1. The Morgan fingerprint density at radius 1 is 1.29 bits per heavy atom. The van der Waals surface area contributed by atoms with Gasteiger partial charge in [-0.25, -0.2) is 0 Å². The highest BCUT2D eigenvalue weighted by atomic mass is 32.2. The van der Waals surface area contributed by atoms with Gasteiger partial charge in [0, 0.05) is 34.2 Å². The normalized spacial score (nSPS) is 12.0. The lowest BCUT2D eigenvalue weighted by atomic mass is 10.1. The van der Waals surface area contributed by atoms with E-state index in [2.05, 4.69) is 11.1 Å². The maximum Gasteiger partial charge on any atom is 0.101 e.